The molecule has 88 valence electrons. The summed E-state index contributed by atoms with van der Waals surface area (Å²) in [6, 6.07) is 1.51. The summed E-state index contributed by atoms with van der Waals surface area (Å²) in [7, 11) is 0. The highest BCUT2D eigenvalue weighted by Crippen LogP contribution is 2.21. The van der Waals surface area contributed by atoms with Gasteiger partial charge in [-0.3, -0.25) is 0 Å². The van der Waals surface area contributed by atoms with Crippen molar-refractivity contribution in [2.24, 2.45) is 0 Å². The lowest BCUT2D eigenvalue weighted by molar-refractivity contribution is 0.0723. The highest BCUT2D eigenvalue weighted by atomic mass is 35.5. The molecule has 7 heteroatoms. The van der Waals surface area contributed by atoms with E-state index in [-0.39, 0.29) is 23.1 Å². The summed E-state index contributed by atoms with van der Waals surface area (Å²) in [6.45, 7) is 1.71. The molecule has 0 saturated carbocycles. The van der Waals surface area contributed by atoms with E-state index in [0.29, 0.717) is 25.6 Å². The third-order valence-electron chi connectivity index (χ3n) is 2.39. The molecule has 1 saturated heterocycles. The van der Waals surface area contributed by atoms with E-state index in [1.165, 1.54) is 0 Å². The van der Waals surface area contributed by atoms with Crippen LogP contribution in [0, 0.1) is 0 Å². The van der Waals surface area contributed by atoms with Gasteiger partial charge >= 0.3 is 0 Å². The van der Waals surface area contributed by atoms with Crippen LogP contribution in [0.4, 0.5) is 5.82 Å². The van der Waals surface area contributed by atoms with E-state index in [1.807, 2.05) is 4.90 Å². The number of hydrogen-bond acceptors (Lipinski definition) is 5. The number of halogens is 2. The second-order valence-corrected chi connectivity index (χ2v) is 4.15. The molecule has 0 aliphatic carbocycles. The van der Waals surface area contributed by atoms with Crippen LogP contribution in [0.2, 0.25) is 10.4 Å². The molecule has 0 bridgehead atoms. The van der Waals surface area contributed by atoms with Crippen molar-refractivity contribution in [3.8, 4) is 0 Å². The average Bonchev–Trinajstić information content (AvgIpc) is 2.27. The molecule has 16 heavy (non-hydrogen) atoms. The summed E-state index contributed by atoms with van der Waals surface area (Å²) in [5.74, 6) is 0.618. The van der Waals surface area contributed by atoms with Crippen LogP contribution < -0.4 is 4.90 Å². The Labute approximate surface area is 103 Å². The molecule has 0 unspecified atom stereocenters. The highest BCUT2D eigenvalue weighted by Gasteiger charge is 2.24. The van der Waals surface area contributed by atoms with Crippen molar-refractivity contribution in [1.29, 1.82) is 0 Å². The normalized spacial score (nSPS) is 21.2. The Bertz CT molecular complexity index is 358. The van der Waals surface area contributed by atoms with Gasteiger partial charge < -0.3 is 14.7 Å². The molecule has 2 rings (SSSR count). The summed E-state index contributed by atoms with van der Waals surface area (Å²) in [5, 5.41) is 9.62. The van der Waals surface area contributed by atoms with Gasteiger partial charge in [0.2, 0.25) is 5.28 Å². The second kappa shape index (κ2) is 5.14. The van der Waals surface area contributed by atoms with Crippen LogP contribution in [0.25, 0.3) is 0 Å². The minimum atomic E-state index is -0.115. The molecule has 1 aliphatic rings. The van der Waals surface area contributed by atoms with Crippen LogP contribution >= 0.6 is 23.2 Å². The van der Waals surface area contributed by atoms with E-state index in [9.17, 15) is 5.11 Å². The van der Waals surface area contributed by atoms with Gasteiger partial charge in [-0.25, -0.2) is 9.97 Å². The number of rotatable bonds is 2. The standard InChI is InChI=1S/C9H11Cl2N3O2/c10-7-3-8(13-9(11)12-7)14-1-2-16-5-6(14)4-15/h3,6,15H,1-2,4-5H2/t6-/m1/s1. The Hall–Kier alpha value is -0.620. The third kappa shape index (κ3) is 2.55. The molecule has 1 aromatic heterocycles. The third-order valence-corrected chi connectivity index (χ3v) is 2.75. The van der Waals surface area contributed by atoms with E-state index in [1.54, 1.807) is 6.07 Å². The van der Waals surface area contributed by atoms with Crippen LogP contribution in [0.3, 0.4) is 0 Å². The molecule has 0 spiro atoms. The Morgan fingerprint density at radius 3 is 3.00 bits per heavy atom. The van der Waals surface area contributed by atoms with Crippen LogP contribution in [-0.2, 0) is 4.74 Å². The maximum Gasteiger partial charge on any atom is 0.225 e. The summed E-state index contributed by atoms with van der Waals surface area (Å²) in [5.41, 5.74) is 0. The summed E-state index contributed by atoms with van der Waals surface area (Å²) >= 11 is 11.5. The molecule has 1 atom stereocenters. The van der Waals surface area contributed by atoms with Crippen LogP contribution in [-0.4, -0.2) is 47.5 Å². The molecule has 1 aliphatic heterocycles. The van der Waals surface area contributed by atoms with Gasteiger partial charge in [0, 0.05) is 12.6 Å². The first-order chi connectivity index (χ1) is 7.70. The van der Waals surface area contributed by atoms with E-state index in [0.717, 1.165) is 0 Å². The maximum absolute atomic E-state index is 9.23. The lowest BCUT2D eigenvalue weighted by Gasteiger charge is -2.35. The van der Waals surface area contributed by atoms with Crippen LogP contribution in [0.15, 0.2) is 6.07 Å². The minimum absolute atomic E-state index is 0.000753. The Morgan fingerprint density at radius 2 is 2.31 bits per heavy atom. The summed E-state index contributed by atoms with van der Waals surface area (Å²) in [4.78, 5) is 9.78. The van der Waals surface area contributed by atoms with Gasteiger partial charge in [0.05, 0.1) is 25.9 Å². The van der Waals surface area contributed by atoms with Crippen molar-refractivity contribution >= 4 is 29.0 Å². The predicted molar refractivity (Wildman–Crippen MR) is 61.1 cm³/mol. The van der Waals surface area contributed by atoms with Crippen LogP contribution in [0.1, 0.15) is 0 Å². The number of anilines is 1. The van der Waals surface area contributed by atoms with Crippen molar-refractivity contribution in [1.82, 2.24) is 9.97 Å². The lowest BCUT2D eigenvalue weighted by Crippen LogP contribution is -2.48. The first-order valence-electron chi connectivity index (χ1n) is 4.86. The molecule has 0 aromatic carbocycles. The number of hydrogen-bond donors (Lipinski definition) is 1. The molecule has 0 amide bonds. The van der Waals surface area contributed by atoms with Gasteiger partial charge in [-0.05, 0) is 11.6 Å². The Balaban J connectivity index is 2.26. The van der Waals surface area contributed by atoms with Gasteiger partial charge in [-0.2, -0.15) is 0 Å². The van der Waals surface area contributed by atoms with Crippen molar-refractivity contribution in [2.75, 3.05) is 31.3 Å². The zero-order valence-corrected chi connectivity index (χ0v) is 9.95. The van der Waals surface area contributed by atoms with Crippen molar-refractivity contribution in [3.63, 3.8) is 0 Å². The first kappa shape index (κ1) is 11.9. The fourth-order valence-electron chi connectivity index (χ4n) is 1.63. The highest BCUT2D eigenvalue weighted by molar-refractivity contribution is 6.32. The average molecular weight is 264 g/mol. The van der Waals surface area contributed by atoms with Gasteiger partial charge in [0.1, 0.15) is 11.0 Å². The van der Waals surface area contributed by atoms with Crippen LogP contribution in [0.5, 0.6) is 0 Å². The first-order valence-corrected chi connectivity index (χ1v) is 5.61. The molecular formula is C9H11Cl2N3O2. The number of aliphatic hydroxyl groups excluding tert-OH is 1. The molecule has 1 fully saturated rings. The van der Waals surface area contributed by atoms with E-state index in [4.69, 9.17) is 27.9 Å². The van der Waals surface area contributed by atoms with Crippen molar-refractivity contribution in [3.05, 3.63) is 16.5 Å². The zero-order valence-electron chi connectivity index (χ0n) is 8.44. The molecule has 5 nitrogen and oxygen atoms in total. The van der Waals surface area contributed by atoms with Gasteiger partial charge in [0.15, 0.2) is 0 Å². The molecule has 2 heterocycles. The SMILES string of the molecule is OC[C@@H]1COCCN1c1cc(Cl)nc(Cl)n1. The van der Waals surface area contributed by atoms with Gasteiger partial charge in [-0.15, -0.1) is 0 Å². The molecule has 1 N–H and O–H groups in total. The second-order valence-electron chi connectivity index (χ2n) is 3.42. The van der Waals surface area contributed by atoms with Gasteiger partial charge in [0.25, 0.3) is 0 Å². The number of aliphatic hydroxyl groups is 1. The van der Waals surface area contributed by atoms with E-state index >= 15 is 0 Å². The predicted octanol–water partition coefficient (Wildman–Crippen LogP) is 0.981. The largest absolute Gasteiger partial charge is 0.394 e. The lowest BCUT2D eigenvalue weighted by atomic mass is 10.2. The van der Waals surface area contributed by atoms with E-state index in [2.05, 4.69) is 9.97 Å². The zero-order chi connectivity index (χ0) is 11.5. The monoisotopic (exact) mass is 263 g/mol. The smallest absolute Gasteiger partial charge is 0.225 e. The quantitative estimate of drug-likeness (QED) is 0.637. The molecule has 0 radical (unpaired) electrons. The molecule has 1 aromatic rings. The number of morpholine rings is 1. The van der Waals surface area contributed by atoms with Crippen molar-refractivity contribution < 1.29 is 9.84 Å². The summed E-state index contributed by atoms with van der Waals surface area (Å²) in [6.07, 6.45) is 0. The molecular weight excluding hydrogens is 253 g/mol. The Morgan fingerprint density at radius 1 is 1.50 bits per heavy atom. The Kier molecular flexibility index (Phi) is 3.81. The fraction of sp³-hybridized carbons (Fsp3) is 0.556. The number of ether oxygens (including phenoxy) is 1. The van der Waals surface area contributed by atoms with Gasteiger partial charge in [-0.1, -0.05) is 11.6 Å². The van der Waals surface area contributed by atoms with Crippen molar-refractivity contribution in [2.45, 2.75) is 6.04 Å². The topological polar surface area (TPSA) is 58.5 Å². The number of nitrogens with zero attached hydrogens (tertiary/aromatic N) is 3. The van der Waals surface area contributed by atoms with E-state index < -0.39 is 0 Å². The maximum atomic E-state index is 9.23. The minimum Gasteiger partial charge on any atom is -0.394 e. The summed E-state index contributed by atoms with van der Waals surface area (Å²) < 4.78 is 5.27. The number of aromatic nitrogens is 2. The fourth-order valence-corrected chi connectivity index (χ4v) is 2.03.